The van der Waals surface area contributed by atoms with E-state index < -0.39 is 0 Å². The van der Waals surface area contributed by atoms with E-state index >= 15 is 0 Å². The lowest BCUT2D eigenvalue weighted by Gasteiger charge is -2.26. The lowest BCUT2D eigenvalue weighted by Crippen LogP contribution is -2.23. The highest BCUT2D eigenvalue weighted by Gasteiger charge is 2.18. The standard InChI is InChI=1S/C12H12N2/c1-9-3-4-12-11(7-9)10(2)5-6-14(12)8-13/h3-4,7H,2,5-6H2,1H3. The fourth-order valence-corrected chi connectivity index (χ4v) is 1.77. The summed E-state index contributed by atoms with van der Waals surface area (Å²) in [5.41, 5.74) is 4.46. The summed E-state index contributed by atoms with van der Waals surface area (Å²) in [7, 11) is 0. The summed E-state index contributed by atoms with van der Waals surface area (Å²) in [4.78, 5) is 1.73. The maximum absolute atomic E-state index is 8.94. The van der Waals surface area contributed by atoms with Gasteiger partial charge in [-0.25, -0.2) is 0 Å². The molecule has 0 saturated heterocycles. The van der Waals surface area contributed by atoms with Crippen molar-refractivity contribution in [3.05, 3.63) is 35.9 Å². The van der Waals surface area contributed by atoms with Crippen molar-refractivity contribution in [2.45, 2.75) is 13.3 Å². The van der Waals surface area contributed by atoms with Gasteiger partial charge in [0.05, 0.1) is 5.69 Å². The number of hydrogen-bond acceptors (Lipinski definition) is 2. The van der Waals surface area contributed by atoms with Gasteiger partial charge in [-0.05, 0) is 31.1 Å². The van der Waals surface area contributed by atoms with Crippen LogP contribution in [0.15, 0.2) is 24.8 Å². The molecule has 70 valence electrons. The maximum Gasteiger partial charge on any atom is 0.184 e. The van der Waals surface area contributed by atoms with Gasteiger partial charge in [-0.15, -0.1) is 0 Å². The van der Waals surface area contributed by atoms with Crippen molar-refractivity contribution >= 4 is 11.3 Å². The van der Waals surface area contributed by atoms with Crippen LogP contribution < -0.4 is 4.90 Å². The van der Waals surface area contributed by atoms with E-state index in [9.17, 15) is 0 Å². The number of nitriles is 1. The fourth-order valence-electron chi connectivity index (χ4n) is 1.77. The molecule has 0 N–H and O–H groups in total. The molecule has 1 heterocycles. The highest BCUT2D eigenvalue weighted by molar-refractivity contribution is 5.80. The molecule has 14 heavy (non-hydrogen) atoms. The molecule has 0 spiro atoms. The Balaban J connectivity index is 2.58. The fraction of sp³-hybridized carbons (Fsp3) is 0.250. The zero-order chi connectivity index (χ0) is 10.1. The van der Waals surface area contributed by atoms with E-state index in [4.69, 9.17) is 5.26 Å². The van der Waals surface area contributed by atoms with E-state index in [0.29, 0.717) is 0 Å². The van der Waals surface area contributed by atoms with E-state index in [2.05, 4.69) is 25.8 Å². The summed E-state index contributed by atoms with van der Waals surface area (Å²) in [6.07, 6.45) is 3.07. The van der Waals surface area contributed by atoms with Crippen molar-refractivity contribution in [1.82, 2.24) is 0 Å². The average molecular weight is 184 g/mol. The van der Waals surface area contributed by atoms with Gasteiger partial charge in [0.1, 0.15) is 0 Å². The third kappa shape index (κ3) is 1.27. The zero-order valence-electron chi connectivity index (χ0n) is 8.25. The highest BCUT2D eigenvalue weighted by atomic mass is 15.1. The van der Waals surface area contributed by atoms with Gasteiger partial charge in [0.2, 0.25) is 0 Å². The number of hydrogen-bond donors (Lipinski definition) is 0. The Morgan fingerprint density at radius 2 is 2.29 bits per heavy atom. The van der Waals surface area contributed by atoms with Crippen LogP contribution in [0.3, 0.4) is 0 Å². The molecule has 1 aromatic carbocycles. The quantitative estimate of drug-likeness (QED) is 0.580. The molecule has 0 unspecified atom stereocenters. The minimum absolute atomic E-state index is 0.755. The van der Waals surface area contributed by atoms with Crippen LogP contribution >= 0.6 is 0 Å². The molecule has 1 aliphatic heterocycles. The van der Waals surface area contributed by atoms with Crippen LogP contribution in [-0.2, 0) is 0 Å². The molecular weight excluding hydrogens is 172 g/mol. The highest BCUT2D eigenvalue weighted by Crippen LogP contribution is 2.33. The Labute approximate surface area is 84.1 Å². The predicted octanol–water partition coefficient (Wildman–Crippen LogP) is 2.70. The molecule has 0 aliphatic carbocycles. The van der Waals surface area contributed by atoms with Crippen LogP contribution in [0.25, 0.3) is 5.57 Å². The Hall–Kier alpha value is -1.75. The van der Waals surface area contributed by atoms with Gasteiger partial charge < -0.3 is 0 Å². The summed E-state index contributed by atoms with van der Waals surface area (Å²) < 4.78 is 0. The molecule has 1 aliphatic rings. The summed E-state index contributed by atoms with van der Waals surface area (Å²) in [6, 6.07) is 6.13. The Morgan fingerprint density at radius 1 is 1.50 bits per heavy atom. The van der Waals surface area contributed by atoms with Gasteiger partial charge in [0.15, 0.2) is 6.19 Å². The molecule has 2 rings (SSSR count). The lowest BCUT2D eigenvalue weighted by molar-refractivity contribution is 0.926. The summed E-state index contributed by atoms with van der Waals surface area (Å²) in [6.45, 7) is 6.84. The van der Waals surface area contributed by atoms with E-state index in [1.807, 2.05) is 12.1 Å². The molecule has 0 fully saturated rings. The number of aryl methyl sites for hydroxylation is 1. The van der Waals surface area contributed by atoms with Crippen LogP contribution in [0.5, 0.6) is 0 Å². The van der Waals surface area contributed by atoms with Crippen molar-refractivity contribution in [2.75, 3.05) is 11.4 Å². The van der Waals surface area contributed by atoms with Crippen LogP contribution in [-0.4, -0.2) is 6.54 Å². The molecule has 0 aromatic heterocycles. The molecule has 0 radical (unpaired) electrons. The van der Waals surface area contributed by atoms with E-state index in [1.165, 1.54) is 5.56 Å². The van der Waals surface area contributed by atoms with E-state index in [-0.39, 0.29) is 0 Å². The first-order valence-electron chi connectivity index (χ1n) is 4.68. The topological polar surface area (TPSA) is 27.0 Å². The second-order valence-electron chi connectivity index (χ2n) is 3.63. The van der Waals surface area contributed by atoms with Gasteiger partial charge in [0, 0.05) is 12.1 Å². The predicted molar refractivity (Wildman–Crippen MR) is 57.8 cm³/mol. The minimum atomic E-state index is 0.755. The van der Waals surface area contributed by atoms with Gasteiger partial charge in [-0.2, -0.15) is 5.26 Å². The number of anilines is 1. The average Bonchev–Trinajstić information content (AvgIpc) is 2.19. The summed E-state index contributed by atoms with van der Waals surface area (Å²) >= 11 is 0. The zero-order valence-corrected chi connectivity index (χ0v) is 8.25. The molecule has 0 atom stereocenters. The Morgan fingerprint density at radius 3 is 3.00 bits per heavy atom. The maximum atomic E-state index is 8.94. The molecule has 2 heteroatoms. The van der Waals surface area contributed by atoms with Crippen molar-refractivity contribution in [1.29, 1.82) is 5.26 Å². The first kappa shape index (κ1) is 8.83. The molecular formula is C12H12N2. The van der Waals surface area contributed by atoms with Crippen LogP contribution in [0.4, 0.5) is 5.69 Å². The summed E-state index contributed by atoms with van der Waals surface area (Å²) in [5.74, 6) is 0. The van der Waals surface area contributed by atoms with Crippen LogP contribution in [0.1, 0.15) is 17.5 Å². The van der Waals surface area contributed by atoms with Gasteiger partial charge in [-0.1, -0.05) is 18.2 Å². The summed E-state index contributed by atoms with van der Waals surface area (Å²) in [5, 5.41) is 8.94. The van der Waals surface area contributed by atoms with Crippen molar-refractivity contribution < 1.29 is 0 Å². The Kier molecular flexibility index (Phi) is 2.01. The van der Waals surface area contributed by atoms with E-state index in [1.54, 1.807) is 4.90 Å². The van der Waals surface area contributed by atoms with Crippen molar-refractivity contribution in [3.8, 4) is 6.19 Å². The third-order valence-corrected chi connectivity index (χ3v) is 2.58. The molecule has 0 amide bonds. The first-order chi connectivity index (χ1) is 6.72. The smallest absolute Gasteiger partial charge is 0.184 e. The molecule has 1 aromatic rings. The number of benzene rings is 1. The molecule has 2 nitrogen and oxygen atoms in total. The monoisotopic (exact) mass is 184 g/mol. The van der Waals surface area contributed by atoms with Crippen molar-refractivity contribution in [2.24, 2.45) is 0 Å². The number of fused-ring (bicyclic) bond motifs is 1. The van der Waals surface area contributed by atoms with Crippen LogP contribution in [0.2, 0.25) is 0 Å². The SMILES string of the molecule is C=C1CCN(C#N)c2ccc(C)cc21. The van der Waals surface area contributed by atoms with Crippen molar-refractivity contribution in [3.63, 3.8) is 0 Å². The Bertz CT molecular complexity index is 426. The van der Waals surface area contributed by atoms with Gasteiger partial charge >= 0.3 is 0 Å². The van der Waals surface area contributed by atoms with Gasteiger partial charge in [0.25, 0.3) is 0 Å². The van der Waals surface area contributed by atoms with Gasteiger partial charge in [-0.3, -0.25) is 4.90 Å². The largest absolute Gasteiger partial charge is 0.279 e. The first-order valence-corrected chi connectivity index (χ1v) is 4.68. The normalized spacial score (nSPS) is 14.9. The number of nitrogens with zero attached hydrogens (tertiary/aromatic N) is 2. The lowest BCUT2D eigenvalue weighted by atomic mass is 9.96. The minimum Gasteiger partial charge on any atom is -0.279 e. The second-order valence-corrected chi connectivity index (χ2v) is 3.63. The van der Waals surface area contributed by atoms with E-state index in [0.717, 1.165) is 29.8 Å². The molecule has 0 bridgehead atoms. The molecule has 0 saturated carbocycles. The third-order valence-electron chi connectivity index (χ3n) is 2.58. The second kappa shape index (κ2) is 3.19. The van der Waals surface area contributed by atoms with Crippen LogP contribution in [0, 0.1) is 18.4 Å². The number of rotatable bonds is 0.